The zero-order chi connectivity index (χ0) is 9.41. The first kappa shape index (κ1) is 9.38. The highest BCUT2D eigenvalue weighted by molar-refractivity contribution is 5.82. The highest BCUT2D eigenvalue weighted by Gasteiger charge is 2.59. The van der Waals surface area contributed by atoms with E-state index in [0.29, 0.717) is 0 Å². The smallest absolute Gasteiger partial charge is 0.326 e. The van der Waals surface area contributed by atoms with Gasteiger partial charge in [-0.2, -0.15) is 0 Å². The van der Waals surface area contributed by atoms with Crippen molar-refractivity contribution in [2.45, 2.75) is 31.2 Å². The van der Waals surface area contributed by atoms with E-state index in [-0.39, 0.29) is 6.61 Å². The predicted octanol–water partition coefficient (Wildman–Crippen LogP) is 0.676. The molecule has 0 heterocycles. The minimum Gasteiger partial charge on any atom is -0.465 e. The van der Waals surface area contributed by atoms with Crippen LogP contribution in [0, 0.1) is 0 Å². The van der Waals surface area contributed by atoms with Gasteiger partial charge in [0.2, 0.25) is 0 Å². The van der Waals surface area contributed by atoms with Crippen LogP contribution in [0.25, 0.3) is 0 Å². The number of nitrogens with two attached hydrogens (primary N) is 1. The number of hydrogen-bond acceptors (Lipinski definition) is 3. The van der Waals surface area contributed by atoms with Gasteiger partial charge in [0, 0.05) is 12.8 Å². The Balaban J connectivity index is 2.49. The molecule has 1 aliphatic rings. The molecule has 0 bridgehead atoms. The van der Waals surface area contributed by atoms with Crippen LogP contribution in [0.5, 0.6) is 0 Å². The second-order valence-electron chi connectivity index (χ2n) is 3.09. The van der Waals surface area contributed by atoms with Gasteiger partial charge in [-0.3, -0.25) is 4.79 Å². The van der Waals surface area contributed by atoms with Crippen LogP contribution in [0.4, 0.5) is 8.78 Å². The van der Waals surface area contributed by atoms with Gasteiger partial charge in [0.25, 0.3) is 5.92 Å². The number of ether oxygens (including phenoxy) is 1. The fourth-order valence-corrected chi connectivity index (χ4v) is 1.29. The SMILES string of the molecule is CCOC(=O)C1(N)CC(F)(F)C1. The van der Waals surface area contributed by atoms with Crippen molar-refractivity contribution < 1.29 is 18.3 Å². The fourth-order valence-electron chi connectivity index (χ4n) is 1.29. The Morgan fingerprint density at radius 2 is 2.08 bits per heavy atom. The van der Waals surface area contributed by atoms with Gasteiger partial charge in [-0.25, -0.2) is 8.78 Å². The number of halogens is 2. The zero-order valence-electron chi connectivity index (χ0n) is 6.77. The van der Waals surface area contributed by atoms with Crippen molar-refractivity contribution in [2.75, 3.05) is 6.61 Å². The number of carbonyl (C=O) groups is 1. The summed E-state index contributed by atoms with van der Waals surface area (Å²) in [5.41, 5.74) is 3.91. The summed E-state index contributed by atoms with van der Waals surface area (Å²) in [7, 11) is 0. The third kappa shape index (κ3) is 1.55. The number of alkyl halides is 2. The molecular weight excluding hydrogens is 168 g/mol. The number of esters is 1. The van der Waals surface area contributed by atoms with E-state index in [1.165, 1.54) is 0 Å². The molecule has 0 aromatic carbocycles. The summed E-state index contributed by atoms with van der Waals surface area (Å²) in [6.07, 6.45) is -1.20. The minimum atomic E-state index is -2.79. The lowest BCUT2D eigenvalue weighted by atomic mass is 9.74. The van der Waals surface area contributed by atoms with E-state index in [2.05, 4.69) is 4.74 Å². The molecule has 3 nitrogen and oxygen atoms in total. The average molecular weight is 179 g/mol. The van der Waals surface area contributed by atoms with Gasteiger partial charge >= 0.3 is 5.97 Å². The van der Waals surface area contributed by atoms with Crippen LogP contribution in [-0.2, 0) is 9.53 Å². The maximum absolute atomic E-state index is 12.3. The topological polar surface area (TPSA) is 52.3 Å². The van der Waals surface area contributed by atoms with Crippen LogP contribution in [-0.4, -0.2) is 24.0 Å². The Morgan fingerprint density at radius 3 is 2.42 bits per heavy atom. The number of carbonyl (C=O) groups excluding carboxylic acids is 1. The Bertz CT molecular complexity index is 198. The summed E-state index contributed by atoms with van der Waals surface area (Å²) >= 11 is 0. The molecule has 12 heavy (non-hydrogen) atoms. The second-order valence-corrected chi connectivity index (χ2v) is 3.09. The molecule has 1 fully saturated rings. The maximum atomic E-state index is 12.3. The van der Waals surface area contributed by atoms with E-state index in [0.717, 1.165) is 0 Å². The highest BCUT2D eigenvalue weighted by Crippen LogP contribution is 2.44. The number of rotatable bonds is 2. The summed E-state index contributed by atoms with van der Waals surface area (Å²) < 4.78 is 29.2. The average Bonchev–Trinajstić information content (AvgIpc) is 1.83. The van der Waals surface area contributed by atoms with Crippen LogP contribution in [0.2, 0.25) is 0 Å². The molecule has 0 radical (unpaired) electrons. The summed E-state index contributed by atoms with van der Waals surface area (Å²) in [4.78, 5) is 11.0. The van der Waals surface area contributed by atoms with Crippen LogP contribution in [0.3, 0.4) is 0 Å². The largest absolute Gasteiger partial charge is 0.465 e. The monoisotopic (exact) mass is 179 g/mol. The van der Waals surface area contributed by atoms with E-state index >= 15 is 0 Å². The van der Waals surface area contributed by atoms with Gasteiger partial charge in [0.05, 0.1) is 6.61 Å². The van der Waals surface area contributed by atoms with Crippen molar-refractivity contribution in [3.8, 4) is 0 Å². The summed E-state index contributed by atoms with van der Waals surface area (Å²) in [6.45, 7) is 1.78. The maximum Gasteiger partial charge on any atom is 0.326 e. The van der Waals surface area contributed by atoms with Crippen molar-refractivity contribution in [3.05, 3.63) is 0 Å². The van der Waals surface area contributed by atoms with Gasteiger partial charge in [0.15, 0.2) is 0 Å². The van der Waals surface area contributed by atoms with Crippen LogP contribution in [0.15, 0.2) is 0 Å². The summed E-state index contributed by atoms with van der Waals surface area (Å²) in [6, 6.07) is 0. The van der Waals surface area contributed by atoms with Crippen molar-refractivity contribution in [1.82, 2.24) is 0 Å². The Labute approximate surface area is 68.9 Å². The molecule has 0 spiro atoms. The molecule has 1 saturated carbocycles. The normalized spacial score (nSPS) is 24.3. The molecule has 1 aliphatic carbocycles. The molecular formula is C7H11F2NO2. The zero-order valence-corrected chi connectivity index (χ0v) is 6.77. The lowest BCUT2D eigenvalue weighted by Crippen LogP contribution is -2.63. The third-order valence-corrected chi connectivity index (χ3v) is 1.83. The van der Waals surface area contributed by atoms with E-state index < -0.39 is 30.3 Å². The van der Waals surface area contributed by atoms with E-state index in [9.17, 15) is 13.6 Å². The molecule has 0 aromatic heterocycles. The Kier molecular flexibility index (Phi) is 2.07. The lowest BCUT2D eigenvalue weighted by molar-refractivity contribution is -0.176. The van der Waals surface area contributed by atoms with Gasteiger partial charge < -0.3 is 10.5 Å². The van der Waals surface area contributed by atoms with Crippen LogP contribution in [0.1, 0.15) is 19.8 Å². The number of hydrogen-bond donors (Lipinski definition) is 1. The Hall–Kier alpha value is -0.710. The van der Waals surface area contributed by atoms with Crippen molar-refractivity contribution >= 4 is 5.97 Å². The first-order chi connectivity index (χ1) is 5.40. The van der Waals surface area contributed by atoms with Crippen LogP contribution >= 0.6 is 0 Å². The highest BCUT2D eigenvalue weighted by atomic mass is 19.3. The molecule has 0 saturated heterocycles. The third-order valence-electron chi connectivity index (χ3n) is 1.83. The molecule has 0 atom stereocenters. The summed E-state index contributed by atoms with van der Waals surface area (Å²) in [5, 5.41) is 0. The van der Waals surface area contributed by atoms with Crippen LogP contribution < -0.4 is 5.73 Å². The quantitative estimate of drug-likeness (QED) is 0.634. The van der Waals surface area contributed by atoms with Crippen molar-refractivity contribution in [2.24, 2.45) is 5.73 Å². The van der Waals surface area contributed by atoms with E-state index in [4.69, 9.17) is 5.73 Å². The fraction of sp³-hybridized carbons (Fsp3) is 0.857. The lowest BCUT2D eigenvalue weighted by Gasteiger charge is -2.41. The van der Waals surface area contributed by atoms with E-state index in [1.54, 1.807) is 6.92 Å². The minimum absolute atomic E-state index is 0.170. The first-order valence-electron chi connectivity index (χ1n) is 3.73. The van der Waals surface area contributed by atoms with Gasteiger partial charge in [-0.05, 0) is 6.92 Å². The summed E-state index contributed by atoms with van der Waals surface area (Å²) in [5.74, 6) is -3.52. The second kappa shape index (κ2) is 2.65. The predicted molar refractivity (Wildman–Crippen MR) is 37.7 cm³/mol. The molecule has 0 aliphatic heterocycles. The molecule has 0 unspecified atom stereocenters. The van der Waals surface area contributed by atoms with E-state index in [1.807, 2.05) is 0 Å². The molecule has 0 aromatic rings. The first-order valence-corrected chi connectivity index (χ1v) is 3.73. The molecule has 0 amide bonds. The molecule has 2 N–H and O–H groups in total. The van der Waals surface area contributed by atoms with Crippen molar-refractivity contribution in [1.29, 1.82) is 0 Å². The van der Waals surface area contributed by atoms with Gasteiger partial charge in [-0.15, -0.1) is 0 Å². The van der Waals surface area contributed by atoms with Crippen molar-refractivity contribution in [3.63, 3.8) is 0 Å². The molecule has 1 rings (SSSR count). The molecule has 70 valence electrons. The molecule has 5 heteroatoms. The van der Waals surface area contributed by atoms with Gasteiger partial charge in [-0.1, -0.05) is 0 Å². The Morgan fingerprint density at radius 1 is 1.58 bits per heavy atom. The standard InChI is InChI=1S/C7H11F2NO2/c1-2-12-5(11)6(10)3-7(8,9)4-6/h2-4,10H2,1H3. The van der Waals surface area contributed by atoms with Gasteiger partial charge in [0.1, 0.15) is 5.54 Å².